The molecule has 0 radical (unpaired) electrons. The van der Waals surface area contributed by atoms with Crippen molar-refractivity contribution in [3.63, 3.8) is 0 Å². The van der Waals surface area contributed by atoms with Gasteiger partial charge in [0, 0.05) is 51.4 Å². The van der Waals surface area contributed by atoms with Gasteiger partial charge in [-0.25, -0.2) is 0 Å². The van der Waals surface area contributed by atoms with E-state index in [1.54, 1.807) is 23.6 Å². The van der Waals surface area contributed by atoms with E-state index < -0.39 is 18.0 Å². The van der Waals surface area contributed by atoms with Gasteiger partial charge in [-0.1, -0.05) is 5.16 Å². The molecule has 9 heteroatoms. The Bertz CT molecular complexity index is 633. The lowest BCUT2D eigenvalue weighted by Crippen LogP contribution is -2.51. The zero-order valence-corrected chi connectivity index (χ0v) is 15.3. The van der Waals surface area contributed by atoms with Gasteiger partial charge >= 0.3 is 6.18 Å². The molecule has 0 unspecified atom stereocenters. The van der Waals surface area contributed by atoms with E-state index in [-0.39, 0.29) is 19.0 Å². The van der Waals surface area contributed by atoms with Crippen LogP contribution in [0.1, 0.15) is 17.0 Å². The number of likely N-dealkylation sites (N-methyl/N-ethyl adjacent to an activating group) is 1. The normalized spacial score (nSPS) is 25.8. The fourth-order valence-electron chi connectivity index (χ4n) is 3.81. The first-order valence-electron chi connectivity index (χ1n) is 8.85. The average molecular weight is 374 g/mol. The van der Waals surface area contributed by atoms with Gasteiger partial charge in [-0.2, -0.15) is 13.2 Å². The Morgan fingerprint density at radius 1 is 1.19 bits per heavy atom. The van der Waals surface area contributed by atoms with Gasteiger partial charge in [-0.3, -0.25) is 9.69 Å². The number of aromatic nitrogens is 1. The Labute approximate surface area is 150 Å². The summed E-state index contributed by atoms with van der Waals surface area (Å²) in [4.78, 5) is 18.2. The van der Waals surface area contributed by atoms with Crippen molar-refractivity contribution < 1.29 is 22.5 Å². The van der Waals surface area contributed by atoms with Gasteiger partial charge in [0.05, 0.1) is 17.5 Å². The Balaban J connectivity index is 1.74. The van der Waals surface area contributed by atoms with E-state index in [1.807, 2.05) is 7.05 Å². The molecular weight excluding hydrogens is 349 g/mol. The van der Waals surface area contributed by atoms with Crippen LogP contribution in [-0.2, 0) is 11.3 Å². The summed E-state index contributed by atoms with van der Waals surface area (Å²) < 4.78 is 45.8. The molecule has 6 nitrogen and oxygen atoms in total. The minimum atomic E-state index is -4.39. The summed E-state index contributed by atoms with van der Waals surface area (Å²) in [5, 5.41) is 3.86. The number of carbonyl (C=O) groups is 1. The van der Waals surface area contributed by atoms with Crippen LogP contribution in [-0.4, -0.2) is 78.3 Å². The third kappa shape index (κ3) is 3.88. The van der Waals surface area contributed by atoms with Crippen LogP contribution in [0.2, 0.25) is 0 Å². The number of amides is 1. The Morgan fingerprint density at radius 2 is 1.85 bits per heavy atom. The number of rotatable bonds is 3. The van der Waals surface area contributed by atoms with Gasteiger partial charge in [-0.05, 0) is 20.9 Å². The summed E-state index contributed by atoms with van der Waals surface area (Å²) >= 11 is 0. The Morgan fingerprint density at radius 3 is 2.38 bits per heavy atom. The van der Waals surface area contributed by atoms with Gasteiger partial charge in [0.1, 0.15) is 5.76 Å². The SMILES string of the molecule is Cc1noc(C)c1CN1C[C@@H](C(F)(F)F)[C@H](C(=O)N2CCN(C)CC2)C1. The zero-order valence-electron chi connectivity index (χ0n) is 15.3. The van der Waals surface area contributed by atoms with Crippen molar-refractivity contribution >= 4 is 5.91 Å². The molecule has 3 heterocycles. The number of carbonyl (C=O) groups excluding carboxylic acids is 1. The molecule has 0 spiro atoms. The van der Waals surface area contributed by atoms with E-state index in [4.69, 9.17) is 4.52 Å². The summed E-state index contributed by atoms with van der Waals surface area (Å²) in [5.74, 6) is -2.43. The fourth-order valence-corrected chi connectivity index (χ4v) is 3.81. The smallest absolute Gasteiger partial charge is 0.361 e. The fraction of sp³-hybridized carbons (Fsp3) is 0.765. The summed E-state index contributed by atoms with van der Waals surface area (Å²) in [5.41, 5.74) is 1.48. The number of hydrogen-bond donors (Lipinski definition) is 0. The molecule has 1 aromatic heterocycles. The number of piperazine rings is 1. The molecule has 3 rings (SSSR count). The first kappa shape index (κ1) is 19.2. The van der Waals surface area contributed by atoms with E-state index in [0.29, 0.717) is 44.2 Å². The van der Waals surface area contributed by atoms with Crippen molar-refractivity contribution in [2.75, 3.05) is 46.3 Å². The van der Waals surface area contributed by atoms with Crippen LogP contribution in [0.4, 0.5) is 13.2 Å². The summed E-state index contributed by atoms with van der Waals surface area (Å²) in [7, 11) is 1.95. The van der Waals surface area contributed by atoms with E-state index in [2.05, 4.69) is 10.1 Å². The predicted molar refractivity (Wildman–Crippen MR) is 88.4 cm³/mol. The molecule has 1 aromatic rings. The molecule has 2 aliphatic rings. The van der Waals surface area contributed by atoms with Gasteiger partial charge in [0.15, 0.2) is 0 Å². The lowest BCUT2D eigenvalue weighted by Gasteiger charge is -2.35. The van der Waals surface area contributed by atoms with E-state index in [0.717, 1.165) is 5.56 Å². The van der Waals surface area contributed by atoms with Crippen LogP contribution in [0.15, 0.2) is 4.52 Å². The number of halogens is 3. The summed E-state index contributed by atoms with van der Waals surface area (Å²) in [6, 6.07) is 0. The molecule has 26 heavy (non-hydrogen) atoms. The molecule has 2 aliphatic heterocycles. The highest BCUT2D eigenvalue weighted by Gasteiger charge is 2.53. The van der Waals surface area contributed by atoms with E-state index in [9.17, 15) is 18.0 Å². The largest absolute Gasteiger partial charge is 0.393 e. The molecule has 0 N–H and O–H groups in total. The van der Waals surface area contributed by atoms with Crippen molar-refractivity contribution in [1.82, 2.24) is 19.9 Å². The molecule has 0 aromatic carbocycles. The number of hydrogen-bond acceptors (Lipinski definition) is 5. The molecule has 0 saturated carbocycles. The minimum Gasteiger partial charge on any atom is -0.361 e. The zero-order chi connectivity index (χ0) is 19.1. The van der Waals surface area contributed by atoms with Crippen LogP contribution in [0.5, 0.6) is 0 Å². The summed E-state index contributed by atoms with van der Waals surface area (Å²) in [6.07, 6.45) is -4.39. The van der Waals surface area contributed by atoms with Crippen molar-refractivity contribution in [3.05, 3.63) is 17.0 Å². The average Bonchev–Trinajstić information content (AvgIpc) is 3.14. The third-order valence-corrected chi connectivity index (χ3v) is 5.51. The maximum atomic E-state index is 13.6. The molecule has 146 valence electrons. The monoisotopic (exact) mass is 374 g/mol. The molecule has 2 atom stereocenters. The van der Waals surface area contributed by atoms with Crippen LogP contribution < -0.4 is 0 Å². The van der Waals surface area contributed by atoms with Crippen LogP contribution >= 0.6 is 0 Å². The number of nitrogens with zero attached hydrogens (tertiary/aromatic N) is 4. The molecule has 0 bridgehead atoms. The lowest BCUT2D eigenvalue weighted by molar-refractivity contribution is -0.186. The quantitative estimate of drug-likeness (QED) is 0.806. The number of aryl methyl sites for hydroxylation is 2. The van der Waals surface area contributed by atoms with Crippen molar-refractivity contribution in [2.24, 2.45) is 11.8 Å². The number of likely N-dealkylation sites (tertiary alicyclic amines) is 1. The second kappa shape index (κ2) is 7.19. The van der Waals surface area contributed by atoms with Gasteiger partial charge in [0.2, 0.25) is 5.91 Å². The van der Waals surface area contributed by atoms with Gasteiger partial charge in [0.25, 0.3) is 0 Å². The second-order valence-electron chi connectivity index (χ2n) is 7.38. The molecule has 2 saturated heterocycles. The first-order valence-corrected chi connectivity index (χ1v) is 8.85. The standard InChI is InChI=1S/C17H25F3N4O2/c1-11-13(12(2)26-21-11)8-23-9-14(15(10-23)17(18,19)20)16(25)24-6-4-22(3)5-7-24/h14-15H,4-10H2,1-3H3/t14-,15-/m1/s1. The number of alkyl halides is 3. The third-order valence-electron chi connectivity index (χ3n) is 5.51. The van der Waals surface area contributed by atoms with Crippen LogP contribution in [0, 0.1) is 25.7 Å². The van der Waals surface area contributed by atoms with Crippen LogP contribution in [0.3, 0.4) is 0 Å². The van der Waals surface area contributed by atoms with Crippen molar-refractivity contribution in [1.29, 1.82) is 0 Å². The maximum absolute atomic E-state index is 13.6. The van der Waals surface area contributed by atoms with Gasteiger partial charge in [-0.15, -0.1) is 0 Å². The Kier molecular flexibility index (Phi) is 5.30. The summed E-state index contributed by atoms with van der Waals surface area (Å²) in [6.45, 7) is 6.14. The molecule has 2 fully saturated rings. The highest BCUT2D eigenvalue weighted by atomic mass is 19.4. The Hall–Kier alpha value is -1.61. The lowest BCUT2D eigenvalue weighted by atomic mass is 9.94. The van der Waals surface area contributed by atoms with Crippen LogP contribution in [0.25, 0.3) is 0 Å². The van der Waals surface area contributed by atoms with Crippen molar-refractivity contribution in [3.8, 4) is 0 Å². The van der Waals surface area contributed by atoms with E-state index in [1.165, 1.54) is 0 Å². The van der Waals surface area contributed by atoms with Crippen molar-refractivity contribution in [2.45, 2.75) is 26.6 Å². The van der Waals surface area contributed by atoms with Gasteiger partial charge < -0.3 is 14.3 Å². The highest BCUT2D eigenvalue weighted by molar-refractivity contribution is 5.80. The first-order chi connectivity index (χ1) is 12.2. The topological polar surface area (TPSA) is 52.8 Å². The maximum Gasteiger partial charge on any atom is 0.393 e. The molecule has 1 amide bonds. The molecule has 0 aliphatic carbocycles. The highest BCUT2D eigenvalue weighted by Crippen LogP contribution is 2.39. The van der Waals surface area contributed by atoms with E-state index >= 15 is 0 Å². The predicted octanol–water partition coefficient (Wildman–Crippen LogP) is 1.68. The minimum absolute atomic E-state index is 0.111. The molecular formula is C17H25F3N4O2. The second-order valence-corrected chi connectivity index (χ2v) is 7.38.